The summed E-state index contributed by atoms with van der Waals surface area (Å²) < 4.78 is 0.944. The maximum Gasteiger partial charge on any atom is 0.180 e. The van der Waals surface area contributed by atoms with Crippen molar-refractivity contribution in [2.45, 2.75) is 18.9 Å². The number of benzene rings is 1. The zero-order chi connectivity index (χ0) is 12.5. The minimum Gasteiger partial charge on any atom is -0.379 e. The molecule has 2 aromatic rings. The van der Waals surface area contributed by atoms with Crippen molar-refractivity contribution in [2.75, 3.05) is 5.73 Å². The van der Waals surface area contributed by atoms with Crippen LogP contribution in [0.3, 0.4) is 0 Å². The molecule has 1 aromatic heterocycles. The molecule has 17 heavy (non-hydrogen) atoms. The smallest absolute Gasteiger partial charge is 0.180 e. The van der Waals surface area contributed by atoms with Gasteiger partial charge in [-0.2, -0.15) is 0 Å². The van der Waals surface area contributed by atoms with Crippen LogP contribution in [-0.4, -0.2) is 10.1 Å². The van der Waals surface area contributed by atoms with Crippen LogP contribution in [0.2, 0.25) is 0 Å². The summed E-state index contributed by atoms with van der Waals surface area (Å²) in [5.41, 5.74) is 5.46. The minimum atomic E-state index is -1.01. The molecule has 1 unspecified atom stereocenters. The molecule has 0 fully saturated rings. The van der Waals surface area contributed by atoms with E-state index in [1.54, 1.807) is 6.20 Å². The predicted octanol–water partition coefficient (Wildman–Crippen LogP) is 3.13. The summed E-state index contributed by atoms with van der Waals surface area (Å²) in [7, 11) is 0. The third-order valence-electron chi connectivity index (χ3n) is 2.75. The lowest BCUT2D eigenvalue weighted by atomic mass is 9.90. The summed E-state index contributed by atoms with van der Waals surface area (Å²) in [5.74, 6) is 0. The molecular formula is C12H13BrN2OS. The summed E-state index contributed by atoms with van der Waals surface area (Å²) in [4.78, 5) is 4.78. The molecule has 2 rings (SSSR count). The standard InChI is InChI=1S/C12H13BrN2OS/c1-2-12(16,10-7-15-11(14)17-10)8-4-3-5-9(13)6-8/h3-7,16H,2H2,1H3,(H2,14,15). The van der Waals surface area contributed by atoms with Crippen molar-refractivity contribution >= 4 is 32.4 Å². The van der Waals surface area contributed by atoms with Gasteiger partial charge in [-0.25, -0.2) is 4.98 Å². The van der Waals surface area contributed by atoms with Gasteiger partial charge in [-0.15, -0.1) is 0 Å². The molecule has 3 N–H and O–H groups in total. The van der Waals surface area contributed by atoms with Crippen LogP contribution in [0.25, 0.3) is 0 Å². The summed E-state index contributed by atoms with van der Waals surface area (Å²) in [6.45, 7) is 1.94. The highest BCUT2D eigenvalue weighted by Gasteiger charge is 2.31. The van der Waals surface area contributed by atoms with Gasteiger partial charge < -0.3 is 10.8 Å². The molecule has 0 saturated heterocycles. The molecule has 3 nitrogen and oxygen atoms in total. The van der Waals surface area contributed by atoms with Gasteiger partial charge in [-0.3, -0.25) is 0 Å². The monoisotopic (exact) mass is 312 g/mol. The van der Waals surface area contributed by atoms with Gasteiger partial charge in [0.25, 0.3) is 0 Å². The first kappa shape index (κ1) is 12.5. The van der Waals surface area contributed by atoms with Crippen LogP contribution in [0.4, 0.5) is 5.13 Å². The number of hydrogen-bond acceptors (Lipinski definition) is 4. The van der Waals surface area contributed by atoms with Crippen molar-refractivity contribution < 1.29 is 5.11 Å². The fourth-order valence-corrected chi connectivity index (χ4v) is 3.01. The molecule has 0 amide bonds. The second-order valence-corrected chi connectivity index (χ2v) is 5.76. The van der Waals surface area contributed by atoms with Gasteiger partial charge in [-0.05, 0) is 24.1 Å². The first-order chi connectivity index (χ1) is 8.06. The Hall–Kier alpha value is -0.910. The molecule has 0 aliphatic carbocycles. The SMILES string of the molecule is CCC(O)(c1cccc(Br)c1)c1cnc(N)s1. The molecule has 1 heterocycles. The number of nitrogens with zero attached hydrogens (tertiary/aromatic N) is 1. The first-order valence-corrected chi connectivity index (χ1v) is 6.87. The zero-order valence-electron chi connectivity index (χ0n) is 9.35. The van der Waals surface area contributed by atoms with Gasteiger partial charge in [0.2, 0.25) is 0 Å². The number of anilines is 1. The maximum atomic E-state index is 10.8. The van der Waals surface area contributed by atoms with Crippen LogP contribution < -0.4 is 5.73 Å². The Bertz CT molecular complexity index is 529. The average Bonchev–Trinajstić information content (AvgIpc) is 2.75. The van der Waals surface area contributed by atoms with Crippen LogP contribution >= 0.6 is 27.3 Å². The fraction of sp³-hybridized carbons (Fsp3) is 0.250. The van der Waals surface area contributed by atoms with Crippen LogP contribution in [-0.2, 0) is 5.60 Å². The Labute approximate surface area is 112 Å². The van der Waals surface area contributed by atoms with Gasteiger partial charge in [0.05, 0.1) is 4.88 Å². The van der Waals surface area contributed by atoms with E-state index in [-0.39, 0.29) is 0 Å². The van der Waals surface area contributed by atoms with E-state index in [2.05, 4.69) is 20.9 Å². The van der Waals surface area contributed by atoms with Crippen LogP contribution in [0.5, 0.6) is 0 Å². The molecule has 1 atom stereocenters. The number of nitrogen functional groups attached to an aromatic ring is 1. The Kier molecular flexibility index (Phi) is 3.51. The molecular weight excluding hydrogens is 300 g/mol. The Morgan fingerprint density at radius 1 is 1.53 bits per heavy atom. The molecule has 0 bridgehead atoms. The molecule has 1 aromatic carbocycles. The lowest BCUT2D eigenvalue weighted by Gasteiger charge is -2.25. The van der Waals surface area contributed by atoms with Crippen LogP contribution in [0, 0.1) is 0 Å². The summed E-state index contributed by atoms with van der Waals surface area (Å²) in [6.07, 6.45) is 2.22. The van der Waals surface area contributed by atoms with E-state index >= 15 is 0 Å². The summed E-state index contributed by atoms with van der Waals surface area (Å²) >= 11 is 4.73. The average molecular weight is 313 g/mol. The highest BCUT2D eigenvalue weighted by Crippen LogP contribution is 2.37. The number of nitrogens with two attached hydrogens (primary N) is 1. The Morgan fingerprint density at radius 3 is 2.82 bits per heavy atom. The van der Waals surface area contributed by atoms with Crippen molar-refractivity contribution in [3.05, 3.63) is 45.4 Å². The third kappa shape index (κ3) is 2.36. The molecule has 0 radical (unpaired) electrons. The lowest BCUT2D eigenvalue weighted by Crippen LogP contribution is -2.24. The second kappa shape index (κ2) is 4.76. The zero-order valence-corrected chi connectivity index (χ0v) is 11.8. The number of hydrogen-bond donors (Lipinski definition) is 2. The van der Waals surface area contributed by atoms with Gasteiger partial charge in [0, 0.05) is 10.7 Å². The van der Waals surface area contributed by atoms with Crippen molar-refractivity contribution in [1.29, 1.82) is 0 Å². The first-order valence-electron chi connectivity index (χ1n) is 5.26. The largest absolute Gasteiger partial charge is 0.379 e. The van der Waals surface area contributed by atoms with Crippen molar-refractivity contribution in [2.24, 2.45) is 0 Å². The minimum absolute atomic E-state index is 0.474. The van der Waals surface area contributed by atoms with Crippen molar-refractivity contribution in [1.82, 2.24) is 4.98 Å². The van der Waals surface area contributed by atoms with E-state index in [1.807, 2.05) is 31.2 Å². The molecule has 90 valence electrons. The normalized spacial score (nSPS) is 14.5. The Morgan fingerprint density at radius 2 is 2.29 bits per heavy atom. The highest BCUT2D eigenvalue weighted by atomic mass is 79.9. The van der Waals surface area contributed by atoms with Gasteiger partial charge in [-0.1, -0.05) is 46.3 Å². The molecule has 5 heteroatoms. The Balaban J connectivity index is 2.51. The van der Waals surface area contributed by atoms with E-state index in [4.69, 9.17) is 5.73 Å². The quantitative estimate of drug-likeness (QED) is 0.915. The van der Waals surface area contributed by atoms with Crippen molar-refractivity contribution in [3.8, 4) is 0 Å². The summed E-state index contributed by atoms with van der Waals surface area (Å²) in [6, 6.07) is 7.66. The fourth-order valence-electron chi connectivity index (χ4n) is 1.75. The molecule has 0 spiro atoms. The van der Waals surface area contributed by atoms with E-state index < -0.39 is 5.60 Å². The van der Waals surface area contributed by atoms with Gasteiger partial charge >= 0.3 is 0 Å². The van der Waals surface area contributed by atoms with Gasteiger partial charge in [0.15, 0.2) is 5.13 Å². The molecule has 0 aliphatic rings. The predicted molar refractivity (Wildman–Crippen MR) is 74.0 cm³/mol. The number of thiazole rings is 1. The number of halogens is 1. The highest BCUT2D eigenvalue weighted by molar-refractivity contribution is 9.10. The number of aliphatic hydroxyl groups is 1. The van der Waals surface area contributed by atoms with E-state index in [9.17, 15) is 5.11 Å². The molecule has 0 aliphatic heterocycles. The number of aromatic nitrogens is 1. The lowest BCUT2D eigenvalue weighted by molar-refractivity contribution is 0.0801. The second-order valence-electron chi connectivity index (χ2n) is 3.79. The molecule has 0 saturated carbocycles. The topological polar surface area (TPSA) is 59.1 Å². The van der Waals surface area contributed by atoms with E-state index in [0.717, 1.165) is 14.9 Å². The van der Waals surface area contributed by atoms with E-state index in [1.165, 1.54) is 11.3 Å². The van der Waals surface area contributed by atoms with Crippen LogP contribution in [0.1, 0.15) is 23.8 Å². The third-order valence-corrected chi connectivity index (χ3v) is 4.22. The summed E-state index contributed by atoms with van der Waals surface area (Å²) in [5, 5.41) is 11.3. The van der Waals surface area contributed by atoms with Crippen molar-refractivity contribution in [3.63, 3.8) is 0 Å². The number of rotatable bonds is 3. The van der Waals surface area contributed by atoms with Gasteiger partial charge in [0.1, 0.15) is 5.60 Å². The maximum absolute atomic E-state index is 10.8. The van der Waals surface area contributed by atoms with E-state index in [0.29, 0.717) is 11.6 Å². The van der Waals surface area contributed by atoms with Crippen LogP contribution in [0.15, 0.2) is 34.9 Å².